The molecule has 14 heavy (non-hydrogen) atoms. The van der Waals surface area contributed by atoms with Crippen LogP contribution in [0.3, 0.4) is 0 Å². The monoisotopic (exact) mass is 189 g/mol. The van der Waals surface area contributed by atoms with Crippen LogP contribution in [-0.2, 0) is 12.8 Å². The van der Waals surface area contributed by atoms with Gasteiger partial charge in [0, 0.05) is 6.04 Å². The van der Waals surface area contributed by atoms with E-state index in [2.05, 4.69) is 30.4 Å². The van der Waals surface area contributed by atoms with E-state index in [9.17, 15) is 0 Å². The molecule has 1 unspecified atom stereocenters. The van der Waals surface area contributed by atoms with Gasteiger partial charge in [0.1, 0.15) is 0 Å². The summed E-state index contributed by atoms with van der Waals surface area (Å²) in [5.41, 5.74) is 4.58. The van der Waals surface area contributed by atoms with Gasteiger partial charge in [-0.25, -0.2) is 0 Å². The van der Waals surface area contributed by atoms with Gasteiger partial charge in [0.25, 0.3) is 0 Å². The van der Waals surface area contributed by atoms with Gasteiger partial charge in [-0.2, -0.15) is 0 Å². The molecule has 0 saturated carbocycles. The Balaban J connectivity index is 2.29. The van der Waals surface area contributed by atoms with Gasteiger partial charge in [0.2, 0.25) is 0 Å². The summed E-state index contributed by atoms with van der Waals surface area (Å²) >= 11 is 0. The molecule has 1 heteroatoms. The second-order valence-corrected chi connectivity index (χ2v) is 4.25. The minimum atomic E-state index is 0.474. The molecule has 0 radical (unpaired) electrons. The van der Waals surface area contributed by atoms with E-state index >= 15 is 0 Å². The third-order valence-corrected chi connectivity index (χ3v) is 3.31. The molecule has 0 aromatic heterocycles. The van der Waals surface area contributed by atoms with Crippen molar-refractivity contribution in [3.05, 3.63) is 34.9 Å². The molecule has 0 bridgehead atoms. The highest BCUT2D eigenvalue weighted by Gasteiger charge is 2.11. The van der Waals surface area contributed by atoms with Gasteiger partial charge in [-0.1, -0.05) is 18.2 Å². The summed E-state index contributed by atoms with van der Waals surface area (Å²) in [7, 11) is 2.02. The lowest BCUT2D eigenvalue weighted by Gasteiger charge is -2.18. The van der Waals surface area contributed by atoms with E-state index in [1.807, 2.05) is 7.05 Å². The van der Waals surface area contributed by atoms with Gasteiger partial charge in [-0.15, -0.1) is 0 Å². The summed E-state index contributed by atoms with van der Waals surface area (Å²) in [6, 6.07) is 7.45. The van der Waals surface area contributed by atoms with Crippen LogP contribution in [0.4, 0.5) is 0 Å². The molecule has 1 aliphatic carbocycles. The first-order valence-corrected chi connectivity index (χ1v) is 5.60. The van der Waals surface area contributed by atoms with Crippen LogP contribution in [0.2, 0.25) is 0 Å². The predicted octanol–water partition coefficient (Wildman–Crippen LogP) is 2.85. The van der Waals surface area contributed by atoms with Gasteiger partial charge >= 0.3 is 0 Å². The molecule has 1 N–H and O–H groups in total. The number of fused-ring (bicyclic) bond motifs is 1. The maximum absolute atomic E-state index is 3.29. The Hall–Kier alpha value is -0.820. The third kappa shape index (κ3) is 1.83. The SMILES string of the molecule is CNC(C)c1ccc2c(c1)CCCC2. The Morgan fingerprint density at radius 1 is 1.14 bits per heavy atom. The maximum atomic E-state index is 3.29. The van der Waals surface area contributed by atoms with E-state index in [1.165, 1.54) is 31.2 Å². The number of benzene rings is 1. The number of hydrogen-bond donors (Lipinski definition) is 1. The van der Waals surface area contributed by atoms with Crippen LogP contribution in [0, 0.1) is 0 Å². The highest BCUT2D eigenvalue weighted by atomic mass is 14.8. The van der Waals surface area contributed by atoms with Crippen LogP contribution in [0.5, 0.6) is 0 Å². The van der Waals surface area contributed by atoms with Gasteiger partial charge in [-0.05, 0) is 56.3 Å². The summed E-state index contributed by atoms with van der Waals surface area (Å²) in [6.45, 7) is 2.21. The van der Waals surface area contributed by atoms with Crippen molar-refractivity contribution in [1.29, 1.82) is 0 Å². The van der Waals surface area contributed by atoms with Crippen molar-refractivity contribution < 1.29 is 0 Å². The Morgan fingerprint density at radius 2 is 1.86 bits per heavy atom. The van der Waals surface area contributed by atoms with E-state index in [-0.39, 0.29) is 0 Å². The first-order valence-electron chi connectivity index (χ1n) is 5.60. The standard InChI is InChI=1S/C13H19N/c1-10(14-2)12-8-7-11-5-3-4-6-13(11)9-12/h7-10,14H,3-6H2,1-2H3. The smallest absolute Gasteiger partial charge is 0.0289 e. The number of nitrogens with one attached hydrogen (secondary N) is 1. The molecule has 1 aliphatic rings. The van der Waals surface area contributed by atoms with Gasteiger partial charge in [0.05, 0.1) is 0 Å². The first-order chi connectivity index (χ1) is 6.81. The zero-order valence-electron chi connectivity index (χ0n) is 9.14. The first kappa shape index (κ1) is 9.72. The lowest BCUT2D eigenvalue weighted by atomic mass is 9.89. The molecule has 0 heterocycles. The van der Waals surface area contributed by atoms with Gasteiger partial charge < -0.3 is 5.32 Å². The average Bonchev–Trinajstić information content (AvgIpc) is 2.27. The summed E-state index contributed by atoms with van der Waals surface area (Å²) in [5, 5.41) is 3.29. The minimum absolute atomic E-state index is 0.474. The van der Waals surface area contributed by atoms with E-state index in [0.717, 1.165) is 0 Å². The molecule has 1 aromatic rings. The predicted molar refractivity (Wildman–Crippen MR) is 60.6 cm³/mol. The second-order valence-electron chi connectivity index (χ2n) is 4.25. The summed E-state index contributed by atoms with van der Waals surface area (Å²) < 4.78 is 0. The second kappa shape index (κ2) is 4.14. The molecule has 1 nitrogen and oxygen atoms in total. The number of aryl methyl sites for hydroxylation is 2. The van der Waals surface area contributed by atoms with Crippen molar-refractivity contribution in [2.45, 2.75) is 38.6 Å². The van der Waals surface area contributed by atoms with Crippen molar-refractivity contribution in [2.75, 3.05) is 7.05 Å². The van der Waals surface area contributed by atoms with Crippen LogP contribution in [-0.4, -0.2) is 7.05 Å². The number of rotatable bonds is 2. The van der Waals surface area contributed by atoms with Crippen LogP contribution in [0.25, 0.3) is 0 Å². The molecule has 1 aromatic carbocycles. The van der Waals surface area contributed by atoms with Crippen LogP contribution >= 0.6 is 0 Å². The highest BCUT2D eigenvalue weighted by Crippen LogP contribution is 2.24. The molecular formula is C13H19N. The summed E-state index contributed by atoms with van der Waals surface area (Å²) in [5.74, 6) is 0. The topological polar surface area (TPSA) is 12.0 Å². The van der Waals surface area contributed by atoms with E-state index in [0.29, 0.717) is 6.04 Å². The Kier molecular flexibility index (Phi) is 2.87. The van der Waals surface area contributed by atoms with Crippen LogP contribution in [0.15, 0.2) is 18.2 Å². The minimum Gasteiger partial charge on any atom is -0.313 e. The third-order valence-electron chi connectivity index (χ3n) is 3.31. The molecule has 76 valence electrons. The van der Waals surface area contributed by atoms with Gasteiger partial charge in [0.15, 0.2) is 0 Å². The lowest BCUT2D eigenvalue weighted by Crippen LogP contribution is -2.13. The van der Waals surface area contributed by atoms with E-state index in [4.69, 9.17) is 0 Å². The Labute approximate surface area is 86.5 Å². The van der Waals surface area contributed by atoms with Gasteiger partial charge in [-0.3, -0.25) is 0 Å². The van der Waals surface area contributed by atoms with Crippen molar-refractivity contribution in [3.8, 4) is 0 Å². The number of hydrogen-bond acceptors (Lipinski definition) is 1. The van der Waals surface area contributed by atoms with E-state index < -0.39 is 0 Å². The molecule has 0 fully saturated rings. The lowest BCUT2D eigenvalue weighted by molar-refractivity contribution is 0.643. The molecule has 0 saturated heterocycles. The molecule has 1 atom stereocenters. The Morgan fingerprint density at radius 3 is 2.57 bits per heavy atom. The fourth-order valence-electron chi connectivity index (χ4n) is 2.19. The molecule has 2 rings (SSSR count). The fraction of sp³-hybridized carbons (Fsp3) is 0.538. The van der Waals surface area contributed by atoms with E-state index in [1.54, 1.807) is 11.1 Å². The molecule has 0 aliphatic heterocycles. The van der Waals surface area contributed by atoms with Crippen molar-refractivity contribution in [2.24, 2.45) is 0 Å². The normalized spacial score (nSPS) is 17.6. The quantitative estimate of drug-likeness (QED) is 0.754. The maximum Gasteiger partial charge on any atom is 0.0289 e. The van der Waals surface area contributed by atoms with Crippen LogP contribution in [0.1, 0.15) is 42.5 Å². The zero-order chi connectivity index (χ0) is 9.97. The zero-order valence-corrected chi connectivity index (χ0v) is 9.14. The molecule has 0 amide bonds. The summed E-state index contributed by atoms with van der Waals surface area (Å²) in [6.07, 6.45) is 5.29. The highest BCUT2D eigenvalue weighted by molar-refractivity contribution is 5.34. The largest absolute Gasteiger partial charge is 0.313 e. The fourth-order valence-corrected chi connectivity index (χ4v) is 2.19. The summed E-state index contributed by atoms with van der Waals surface area (Å²) in [4.78, 5) is 0. The molecular weight excluding hydrogens is 170 g/mol. The Bertz CT molecular complexity index is 317. The molecule has 0 spiro atoms. The van der Waals surface area contributed by atoms with Crippen molar-refractivity contribution in [1.82, 2.24) is 5.32 Å². The van der Waals surface area contributed by atoms with Crippen molar-refractivity contribution in [3.63, 3.8) is 0 Å². The average molecular weight is 189 g/mol. The van der Waals surface area contributed by atoms with Crippen LogP contribution < -0.4 is 5.32 Å². The van der Waals surface area contributed by atoms with Crippen molar-refractivity contribution >= 4 is 0 Å².